The molecule has 2 N–H and O–H groups in total. The minimum Gasteiger partial charge on any atom is -0.464 e. The minimum absolute atomic E-state index is 0.0233. The molecule has 124 valence electrons. The van der Waals surface area contributed by atoms with Gasteiger partial charge in [0.15, 0.2) is 0 Å². The third-order valence-electron chi connectivity index (χ3n) is 2.96. The molecule has 1 atom stereocenters. The van der Waals surface area contributed by atoms with Crippen LogP contribution in [0.2, 0.25) is 0 Å². The summed E-state index contributed by atoms with van der Waals surface area (Å²) in [6.07, 6.45) is 1.13. The number of hydrogen-bond acceptors (Lipinski definition) is 5. The van der Waals surface area contributed by atoms with Crippen molar-refractivity contribution in [3.05, 3.63) is 42.0 Å². The van der Waals surface area contributed by atoms with E-state index in [1.54, 1.807) is 12.3 Å². The van der Waals surface area contributed by atoms with Crippen LogP contribution in [0.3, 0.4) is 0 Å². The van der Waals surface area contributed by atoms with Gasteiger partial charge in [-0.3, -0.25) is 5.32 Å². The third-order valence-corrected chi connectivity index (χ3v) is 2.96. The summed E-state index contributed by atoms with van der Waals surface area (Å²) >= 11 is 0. The summed E-state index contributed by atoms with van der Waals surface area (Å²) in [6.45, 7) is 9.35. The first-order valence-corrected chi connectivity index (χ1v) is 7.52. The second-order valence-corrected chi connectivity index (χ2v) is 6.37. The average Bonchev–Trinajstić information content (AvgIpc) is 2.85. The van der Waals surface area contributed by atoms with Crippen LogP contribution in [0.5, 0.6) is 0 Å². The van der Waals surface area contributed by atoms with Crippen molar-refractivity contribution >= 4 is 17.6 Å². The van der Waals surface area contributed by atoms with Crippen molar-refractivity contribution < 1.29 is 13.9 Å². The zero-order valence-corrected chi connectivity index (χ0v) is 14.1. The van der Waals surface area contributed by atoms with Crippen molar-refractivity contribution in [1.29, 1.82) is 0 Å². The number of furan rings is 1. The molecular weight excluding hydrogens is 294 g/mol. The lowest BCUT2D eigenvalue weighted by atomic mass is 10.2. The molecule has 1 unspecified atom stereocenters. The summed E-state index contributed by atoms with van der Waals surface area (Å²) in [5.41, 5.74) is 0.295. The second kappa shape index (κ2) is 6.73. The van der Waals surface area contributed by atoms with Crippen LogP contribution in [0.4, 0.5) is 16.3 Å². The molecule has 6 heteroatoms. The zero-order chi connectivity index (χ0) is 17.0. The summed E-state index contributed by atoms with van der Waals surface area (Å²) in [5.74, 6) is 2.17. The van der Waals surface area contributed by atoms with Gasteiger partial charge in [-0.15, -0.1) is 0 Å². The van der Waals surface area contributed by atoms with Crippen LogP contribution in [0.1, 0.15) is 45.3 Å². The molecule has 0 aromatic carbocycles. The fourth-order valence-electron chi connectivity index (χ4n) is 1.97. The first-order chi connectivity index (χ1) is 10.7. The SMILES string of the molecule is Cc1ccc(C(C)Nc2ccc(NC(=O)OC(C)(C)C)nc2)o1. The molecule has 0 radical (unpaired) electrons. The fourth-order valence-corrected chi connectivity index (χ4v) is 1.97. The first-order valence-electron chi connectivity index (χ1n) is 7.52. The molecule has 0 bridgehead atoms. The highest BCUT2D eigenvalue weighted by molar-refractivity contribution is 5.83. The summed E-state index contributed by atoms with van der Waals surface area (Å²) in [5, 5.41) is 5.89. The number of nitrogens with zero attached hydrogens (tertiary/aromatic N) is 1. The molecule has 6 nitrogen and oxygen atoms in total. The minimum atomic E-state index is -0.540. The number of nitrogens with one attached hydrogen (secondary N) is 2. The van der Waals surface area contributed by atoms with E-state index in [-0.39, 0.29) is 6.04 Å². The van der Waals surface area contributed by atoms with Crippen molar-refractivity contribution in [2.45, 2.75) is 46.3 Å². The van der Waals surface area contributed by atoms with Crippen molar-refractivity contribution in [2.75, 3.05) is 10.6 Å². The summed E-state index contributed by atoms with van der Waals surface area (Å²) < 4.78 is 10.8. The smallest absolute Gasteiger partial charge is 0.413 e. The van der Waals surface area contributed by atoms with Gasteiger partial charge >= 0.3 is 6.09 Å². The number of amides is 1. The number of hydrogen-bond donors (Lipinski definition) is 2. The number of rotatable bonds is 4. The maximum Gasteiger partial charge on any atom is 0.413 e. The highest BCUT2D eigenvalue weighted by Crippen LogP contribution is 2.21. The van der Waals surface area contributed by atoms with Gasteiger partial charge in [-0.05, 0) is 58.9 Å². The Hall–Kier alpha value is -2.50. The zero-order valence-electron chi connectivity index (χ0n) is 14.1. The molecule has 0 aliphatic carbocycles. The van der Waals surface area contributed by atoms with Gasteiger partial charge in [-0.2, -0.15) is 0 Å². The van der Waals surface area contributed by atoms with Crippen molar-refractivity contribution in [2.24, 2.45) is 0 Å². The predicted octanol–water partition coefficient (Wildman–Crippen LogP) is 4.50. The van der Waals surface area contributed by atoms with Crippen LogP contribution in [0.25, 0.3) is 0 Å². The van der Waals surface area contributed by atoms with E-state index in [0.29, 0.717) is 5.82 Å². The lowest BCUT2D eigenvalue weighted by Gasteiger charge is -2.19. The third kappa shape index (κ3) is 5.32. The topological polar surface area (TPSA) is 76.4 Å². The van der Waals surface area contributed by atoms with E-state index in [0.717, 1.165) is 17.2 Å². The maximum absolute atomic E-state index is 11.7. The van der Waals surface area contributed by atoms with Gasteiger partial charge in [-0.1, -0.05) is 0 Å². The number of aryl methyl sites for hydroxylation is 1. The molecule has 0 saturated carbocycles. The Morgan fingerprint density at radius 3 is 2.52 bits per heavy atom. The summed E-state index contributed by atoms with van der Waals surface area (Å²) in [7, 11) is 0. The van der Waals surface area contributed by atoms with Crippen molar-refractivity contribution in [3.8, 4) is 0 Å². The Balaban J connectivity index is 1.93. The lowest BCUT2D eigenvalue weighted by molar-refractivity contribution is 0.0635. The van der Waals surface area contributed by atoms with Crippen LogP contribution in [-0.4, -0.2) is 16.7 Å². The molecule has 2 heterocycles. The van der Waals surface area contributed by atoms with E-state index in [9.17, 15) is 4.79 Å². The molecule has 0 saturated heterocycles. The molecule has 2 aromatic heterocycles. The molecule has 2 rings (SSSR count). The molecule has 0 aliphatic rings. The van der Waals surface area contributed by atoms with Crippen LogP contribution in [0.15, 0.2) is 34.9 Å². The number of pyridine rings is 1. The first kappa shape index (κ1) is 16.9. The number of aromatic nitrogens is 1. The molecule has 0 aliphatic heterocycles. The molecule has 1 amide bonds. The Labute approximate surface area is 136 Å². The van der Waals surface area contributed by atoms with Gasteiger partial charge in [-0.25, -0.2) is 9.78 Å². The van der Waals surface area contributed by atoms with Crippen LogP contribution >= 0.6 is 0 Å². The van der Waals surface area contributed by atoms with E-state index in [1.165, 1.54) is 0 Å². The van der Waals surface area contributed by atoms with Crippen LogP contribution in [0, 0.1) is 6.92 Å². The van der Waals surface area contributed by atoms with Crippen LogP contribution in [-0.2, 0) is 4.74 Å². The standard InChI is InChI=1S/C17H23N3O3/c1-11-6-8-14(22-11)12(2)19-13-7-9-15(18-10-13)20-16(21)23-17(3,4)5/h6-10,12,19H,1-5H3,(H,18,20,21). The highest BCUT2D eigenvalue weighted by Gasteiger charge is 2.16. The Kier molecular flexibility index (Phi) is 4.93. The molecule has 0 spiro atoms. The fraction of sp³-hybridized carbons (Fsp3) is 0.412. The quantitative estimate of drug-likeness (QED) is 0.868. The Morgan fingerprint density at radius 2 is 2.00 bits per heavy atom. The second-order valence-electron chi connectivity index (χ2n) is 6.37. The summed E-state index contributed by atoms with van der Waals surface area (Å²) in [6, 6.07) is 7.45. The number of anilines is 2. The van der Waals surface area contributed by atoms with E-state index in [1.807, 2.05) is 52.8 Å². The van der Waals surface area contributed by atoms with Crippen molar-refractivity contribution in [3.63, 3.8) is 0 Å². The molecular formula is C17H23N3O3. The van der Waals surface area contributed by atoms with Gasteiger partial charge < -0.3 is 14.5 Å². The van der Waals surface area contributed by atoms with E-state index >= 15 is 0 Å². The number of carbonyl (C=O) groups excluding carboxylic acids is 1. The monoisotopic (exact) mass is 317 g/mol. The number of ether oxygens (including phenoxy) is 1. The van der Waals surface area contributed by atoms with Crippen molar-refractivity contribution in [1.82, 2.24) is 4.98 Å². The van der Waals surface area contributed by atoms with Gasteiger partial charge in [0.05, 0.1) is 17.9 Å². The molecule has 23 heavy (non-hydrogen) atoms. The largest absolute Gasteiger partial charge is 0.464 e. The summed E-state index contributed by atoms with van der Waals surface area (Å²) in [4.78, 5) is 15.9. The van der Waals surface area contributed by atoms with E-state index in [2.05, 4.69) is 15.6 Å². The molecule has 0 fully saturated rings. The van der Waals surface area contributed by atoms with E-state index < -0.39 is 11.7 Å². The highest BCUT2D eigenvalue weighted by atomic mass is 16.6. The normalized spacial score (nSPS) is 12.6. The number of carbonyl (C=O) groups is 1. The van der Waals surface area contributed by atoms with Gasteiger partial charge in [0.2, 0.25) is 0 Å². The van der Waals surface area contributed by atoms with Gasteiger partial charge in [0.1, 0.15) is 22.9 Å². The van der Waals surface area contributed by atoms with E-state index in [4.69, 9.17) is 9.15 Å². The van der Waals surface area contributed by atoms with Crippen LogP contribution < -0.4 is 10.6 Å². The predicted molar refractivity (Wildman–Crippen MR) is 89.6 cm³/mol. The molecule has 2 aromatic rings. The van der Waals surface area contributed by atoms with Gasteiger partial charge in [0, 0.05) is 0 Å². The average molecular weight is 317 g/mol. The Morgan fingerprint density at radius 1 is 1.26 bits per heavy atom. The lowest BCUT2D eigenvalue weighted by Crippen LogP contribution is -2.27. The van der Waals surface area contributed by atoms with Gasteiger partial charge in [0.25, 0.3) is 0 Å². The Bertz CT molecular complexity index is 656. The maximum atomic E-state index is 11.7.